The molecule has 2 unspecified atom stereocenters. The molecule has 0 aliphatic carbocycles. The smallest absolute Gasteiger partial charge is 0.303 e. The Morgan fingerprint density at radius 2 is 1.25 bits per heavy atom. The monoisotopic (exact) mass is 997 g/mol. The molecule has 2 aliphatic heterocycles. The van der Waals surface area contributed by atoms with Crippen molar-refractivity contribution in [3.8, 4) is 0 Å². The maximum Gasteiger partial charge on any atom is 0.303 e. The number of nitrogens with zero attached hydrogens (tertiary/aromatic N) is 2. The summed E-state index contributed by atoms with van der Waals surface area (Å²) in [7, 11) is -10.2. The molecule has 4 N–H and O–H groups in total. The van der Waals surface area contributed by atoms with Crippen LogP contribution in [0.4, 0.5) is 11.4 Å². The van der Waals surface area contributed by atoms with Gasteiger partial charge in [-0.05, 0) is 87.9 Å². The number of unbranched alkanes of at least 4 members (excludes halogenated alkanes) is 2. The molecule has 0 radical (unpaired) electrons. The molecule has 2 aromatic rings. The summed E-state index contributed by atoms with van der Waals surface area (Å²) in [4.78, 5) is 12.6. The molecule has 0 aromatic heterocycles. The average molecular weight is 998 g/mol. The van der Waals surface area contributed by atoms with Crippen LogP contribution in [0.25, 0.3) is 0 Å². The number of benzene rings is 2. The number of hydrogen-bond donors (Lipinski definition) is 4. The maximum atomic E-state index is 12.3. The highest BCUT2D eigenvalue weighted by atomic mass is 32.2. The number of methoxy groups -OCH3 is 2. The molecule has 21 heteroatoms. The Balaban J connectivity index is 1.64. The van der Waals surface area contributed by atoms with E-state index in [0.29, 0.717) is 114 Å². The SMILES string of the molecule is COCCOCCOCCOCCC1(C)C(=CC=CC=CC=CC2=[N+](CCCCCC(=O)O)c3ccc(S(=O)(=O)O)cc3C2(C)CCCS(=O)(=O)O)N(CCOC)c2ccc(S(=O)(=O)O)cc21. The van der Waals surface area contributed by atoms with Crippen molar-refractivity contribution in [2.75, 3.05) is 90.8 Å². The summed E-state index contributed by atoms with van der Waals surface area (Å²) in [5.74, 6) is -1.42. The van der Waals surface area contributed by atoms with Gasteiger partial charge in [0, 0.05) is 74.7 Å². The zero-order chi connectivity index (χ0) is 49.3. The Hall–Kier alpha value is -4.13. The summed E-state index contributed by atoms with van der Waals surface area (Å²) in [6.07, 6.45) is 15.1. The molecule has 2 heterocycles. The van der Waals surface area contributed by atoms with Gasteiger partial charge in [-0.2, -0.15) is 29.8 Å². The Morgan fingerprint density at radius 3 is 1.87 bits per heavy atom. The molecule has 2 atom stereocenters. The van der Waals surface area contributed by atoms with Crippen LogP contribution in [0.1, 0.15) is 69.9 Å². The van der Waals surface area contributed by atoms with Crippen molar-refractivity contribution in [2.24, 2.45) is 0 Å². The number of carboxylic acids is 1. The molecule has 0 amide bonds. The van der Waals surface area contributed by atoms with E-state index in [1.54, 1.807) is 44.6 Å². The van der Waals surface area contributed by atoms with Gasteiger partial charge in [-0.1, -0.05) is 30.4 Å². The van der Waals surface area contributed by atoms with Crippen molar-refractivity contribution in [3.63, 3.8) is 0 Å². The molecule has 0 saturated heterocycles. The van der Waals surface area contributed by atoms with E-state index in [4.69, 9.17) is 28.8 Å². The van der Waals surface area contributed by atoms with Crippen molar-refractivity contribution in [3.05, 3.63) is 95.8 Å². The fourth-order valence-electron chi connectivity index (χ4n) is 8.35. The minimum Gasteiger partial charge on any atom is -0.481 e. The van der Waals surface area contributed by atoms with Crippen LogP contribution >= 0.6 is 0 Å². The molecular weight excluding hydrogens is 933 g/mol. The second-order valence-electron chi connectivity index (χ2n) is 16.5. The number of rotatable bonds is 31. The second kappa shape index (κ2) is 25.5. The number of allylic oxidation sites excluding steroid dienone is 8. The van der Waals surface area contributed by atoms with E-state index in [1.165, 1.54) is 24.3 Å². The number of carboxylic acid groups (broad SMARTS) is 1. The molecule has 2 aliphatic rings. The third-order valence-corrected chi connectivity index (χ3v) is 14.3. The molecule has 18 nitrogen and oxygen atoms in total. The number of carbonyl (C=O) groups is 1. The van der Waals surface area contributed by atoms with Crippen LogP contribution in [0.3, 0.4) is 0 Å². The minimum absolute atomic E-state index is 0.0112. The molecule has 4 rings (SSSR count). The third-order valence-electron chi connectivity index (χ3n) is 11.8. The molecule has 0 fully saturated rings. The molecule has 67 heavy (non-hydrogen) atoms. The summed E-state index contributed by atoms with van der Waals surface area (Å²) in [5, 5.41) is 9.14. The van der Waals surface area contributed by atoms with Crippen LogP contribution in [-0.2, 0) is 69.7 Å². The number of aliphatic carboxylic acids is 1. The van der Waals surface area contributed by atoms with Crippen molar-refractivity contribution in [1.29, 1.82) is 0 Å². The van der Waals surface area contributed by atoms with Crippen LogP contribution in [0.2, 0.25) is 0 Å². The lowest BCUT2D eigenvalue weighted by Crippen LogP contribution is -2.32. The third kappa shape index (κ3) is 16.0. The largest absolute Gasteiger partial charge is 0.481 e. The van der Waals surface area contributed by atoms with E-state index in [-0.39, 0.29) is 29.1 Å². The van der Waals surface area contributed by atoms with Gasteiger partial charge in [0.2, 0.25) is 5.69 Å². The first-order valence-electron chi connectivity index (χ1n) is 21.9. The van der Waals surface area contributed by atoms with Crippen LogP contribution in [0, 0.1) is 0 Å². The Kier molecular flexibility index (Phi) is 21.1. The van der Waals surface area contributed by atoms with Crippen LogP contribution in [0.15, 0.2) is 94.4 Å². The van der Waals surface area contributed by atoms with Gasteiger partial charge in [0.05, 0.1) is 67.2 Å². The number of fused-ring (bicyclic) bond motifs is 2. The highest BCUT2D eigenvalue weighted by Gasteiger charge is 2.48. The van der Waals surface area contributed by atoms with E-state index >= 15 is 0 Å². The minimum atomic E-state index is -4.60. The first-order valence-corrected chi connectivity index (χ1v) is 26.4. The van der Waals surface area contributed by atoms with Crippen molar-refractivity contribution in [1.82, 2.24) is 0 Å². The summed E-state index contributed by atoms with van der Waals surface area (Å²) < 4.78 is 131. The highest BCUT2D eigenvalue weighted by molar-refractivity contribution is 7.86. The van der Waals surface area contributed by atoms with E-state index in [0.717, 1.165) is 11.4 Å². The molecule has 0 saturated carbocycles. The molecule has 372 valence electrons. The lowest BCUT2D eigenvalue weighted by atomic mass is 9.76. The maximum absolute atomic E-state index is 12.3. The van der Waals surface area contributed by atoms with Gasteiger partial charge in [0.15, 0.2) is 5.71 Å². The Bertz CT molecular complexity index is 2500. The van der Waals surface area contributed by atoms with Crippen LogP contribution in [-0.4, -0.2) is 146 Å². The van der Waals surface area contributed by atoms with E-state index in [2.05, 4.69) is 0 Å². The van der Waals surface area contributed by atoms with Crippen molar-refractivity contribution < 1.29 is 77.1 Å². The Labute approximate surface area is 394 Å². The fourth-order valence-corrected chi connectivity index (χ4v) is 9.87. The number of anilines is 1. The van der Waals surface area contributed by atoms with Gasteiger partial charge >= 0.3 is 5.97 Å². The predicted molar refractivity (Wildman–Crippen MR) is 252 cm³/mol. The van der Waals surface area contributed by atoms with Gasteiger partial charge in [-0.15, -0.1) is 0 Å². The molecular formula is C46H65N2O16S3+. The fraction of sp³-hybridized carbons (Fsp3) is 0.522. The van der Waals surface area contributed by atoms with Gasteiger partial charge in [-0.3, -0.25) is 18.5 Å². The lowest BCUT2D eigenvalue weighted by Gasteiger charge is -2.30. The summed E-state index contributed by atoms with van der Waals surface area (Å²) in [5.41, 5.74) is 2.44. The Morgan fingerprint density at radius 1 is 0.672 bits per heavy atom. The molecule has 0 spiro atoms. The van der Waals surface area contributed by atoms with Crippen LogP contribution in [0.5, 0.6) is 0 Å². The van der Waals surface area contributed by atoms with E-state index in [9.17, 15) is 43.7 Å². The standard InChI is InChI=1S/C46H64N2O16S3/c1-45(21-13-33-65(51,52)53)38-34-36(66(54,55)56)17-19-40(38)47(23-12-8-11-16-44(49)50)42(45)14-9-6-5-7-10-15-43-46(2,22-25-62-29-30-64-32-31-63-28-27-61-4)39-35-37(67(57,58)59)18-20-41(39)48(43)24-26-60-3/h5-7,9-10,14-15,17-20,34-35H,8,11-13,16,21-33H2,1-4H3,(H3-,49,50,51,52,53,54,55,56,57,58,59)/p+1. The van der Waals surface area contributed by atoms with Crippen molar-refractivity contribution >= 4 is 53.4 Å². The zero-order valence-electron chi connectivity index (χ0n) is 38.5. The predicted octanol–water partition coefficient (Wildman–Crippen LogP) is 5.91. The van der Waals surface area contributed by atoms with Gasteiger partial charge in [0.25, 0.3) is 30.4 Å². The van der Waals surface area contributed by atoms with E-state index in [1.807, 2.05) is 47.6 Å². The van der Waals surface area contributed by atoms with Crippen molar-refractivity contribution in [2.45, 2.75) is 79.4 Å². The first kappa shape index (κ1) is 55.5. The summed E-state index contributed by atoms with van der Waals surface area (Å²) in [6, 6.07) is 8.78. The first-order chi connectivity index (χ1) is 31.7. The summed E-state index contributed by atoms with van der Waals surface area (Å²) in [6.45, 7) is 7.83. The van der Waals surface area contributed by atoms with Crippen LogP contribution < -0.4 is 4.90 Å². The topological polar surface area (TPSA) is 253 Å². The normalized spacial score (nSPS) is 19.5. The van der Waals surface area contributed by atoms with Gasteiger partial charge in [0.1, 0.15) is 6.54 Å². The molecule has 2 aromatic carbocycles. The molecule has 0 bridgehead atoms. The number of ether oxygens (including phenoxy) is 5. The highest BCUT2D eigenvalue weighted by Crippen LogP contribution is 2.51. The second-order valence-corrected chi connectivity index (χ2v) is 20.9. The zero-order valence-corrected chi connectivity index (χ0v) is 41.0. The number of hydrogen-bond acceptors (Lipinski definition) is 13. The van der Waals surface area contributed by atoms with Gasteiger partial charge in [-0.25, -0.2) is 0 Å². The summed E-state index contributed by atoms with van der Waals surface area (Å²) >= 11 is 0. The van der Waals surface area contributed by atoms with E-state index < -0.39 is 52.9 Å². The van der Waals surface area contributed by atoms with Gasteiger partial charge < -0.3 is 33.7 Å². The quantitative estimate of drug-likeness (QED) is 0.0296. The lowest BCUT2D eigenvalue weighted by molar-refractivity contribution is -0.438. The average Bonchev–Trinajstić information content (AvgIpc) is 3.62.